The Morgan fingerprint density at radius 2 is 1.43 bits per heavy atom. The first-order chi connectivity index (χ1) is 11.2. The molecule has 0 atom stereocenters. The molecule has 132 valence electrons. The standard InChI is InChI=1S/C18H28F2O3/c1-22-17-14-15(13-16(19)18(17)20)23-12-10-8-6-4-2-3-5-7-9-11-21/h13-14,21H,2-12H2,1H3. The van der Waals surface area contributed by atoms with Gasteiger partial charge in [0.25, 0.3) is 0 Å². The van der Waals surface area contributed by atoms with Crippen LogP contribution in [0.25, 0.3) is 0 Å². The molecule has 0 saturated carbocycles. The first-order valence-electron chi connectivity index (χ1n) is 8.45. The summed E-state index contributed by atoms with van der Waals surface area (Å²) in [5.41, 5.74) is 0. The zero-order valence-electron chi connectivity index (χ0n) is 14.0. The van der Waals surface area contributed by atoms with E-state index in [0.29, 0.717) is 19.0 Å². The van der Waals surface area contributed by atoms with Gasteiger partial charge in [-0.3, -0.25) is 0 Å². The summed E-state index contributed by atoms with van der Waals surface area (Å²) in [5, 5.41) is 8.67. The fourth-order valence-electron chi connectivity index (χ4n) is 2.41. The molecule has 0 unspecified atom stereocenters. The van der Waals surface area contributed by atoms with Crippen molar-refractivity contribution in [2.75, 3.05) is 20.3 Å². The molecule has 3 nitrogen and oxygen atoms in total. The number of unbranched alkanes of at least 4 members (excludes halogenated alkanes) is 8. The van der Waals surface area contributed by atoms with Gasteiger partial charge in [0.2, 0.25) is 5.82 Å². The van der Waals surface area contributed by atoms with Gasteiger partial charge in [-0.1, -0.05) is 44.9 Å². The topological polar surface area (TPSA) is 38.7 Å². The number of rotatable bonds is 13. The molecule has 1 aromatic rings. The van der Waals surface area contributed by atoms with Crippen molar-refractivity contribution >= 4 is 0 Å². The van der Waals surface area contributed by atoms with Crippen LogP contribution in [-0.2, 0) is 0 Å². The Hall–Kier alpha value is -1.36. The smallest absolute Gasteiger partial charge is 0.200 e. The summed E-state index contributed by atoms with van der Waals surface area (Å²) in [7, 11) is 1.30. The first kappa shape index (κ1) is 19.7. The summed E-state index contributed by atoms with van der Waals surface area (Å²) in [5.74, 6) is -1.79. The van der Waals surface area contributed by atoms with Gasteiger partial charge in [0.1, 0.15) is 5.75 Å². The molecule has 0 aromatic heterocycles. The number of benzene rings is 1. The third-order valence-electron chi connectivity index (χ3n) is 3.76. The zero-order valence-corrected chi connectivity index (χ0v) is 14.0. The summed E-state index contributed by atoms with van der Waals surface area (Å²) in [4.78, 5) is 0. The van der Waals surface area contributed by atoms with Gasteiger partial charge in [-0.25, -0.2) is 4.39 Å². The molecule has 0 saturated heterocycles. The Labute approximate surface area is 137 Å². The maximum atomic E-state index is 13.3. The van der Waals surface area contributed by atoms with Crippen LogP contribution in [0, 0.1) is 11.6 Å². The number of aliphatic hydroxyl groups excluding tert-OH is 1. The number of methoxy groups -OCH3 is 1. The van der Waals surface area contributed by atoms with Gasteiger partial charge in [0.05, 0.1) is 13.7 Å². The van der Waals surface area contributed by atoms with Crippen LogP contribution in [0.5, 0.6) is 11.5 Å². The molecular formula is C18H28F2O3. The highest BCUT2D eigenvalue weighted by atomic mass is 19.2. The van der Waals surface area contributed by atoms with Crippen LogP contribution >= 0.6 is 0 Å². The number of halogens is 2. The maximum absolute atomic E-state index is 13.3. The van der Waals surface area contributed by atoms with Crippen molar-refractivity contribution in [3.8, 4) is 11.5 Å². The first-order valence-corrected chi connectivity index (χ1v) is 8.45. The quantitative estimate of drug-likeness (QED) is 0.525. The molecule has 1 aromatic carbocycles. The molecule has 1 rings (SSSR count). The van der Waals surface area contributed by atoms with E-state index in [-0.39, 0.29) is 5.75 Å². The molecule has 0 heterocycles. The van der Waals surface area contributed by atoms with E-state index < -0.39 is 11.6 Å². The summed E-state index contributed by atoms with van der Waals surface area (Å²) in [6.45, 7) is 0.786. The van der Waals surface area contributed by atoms with Gasteiger partial charge in [0.15, 0.2) is 11.6 Å². The average molecular weight is 330 g/mol. The van der Waals surface area contributed by atoms with E-state index >= 15 is 0 Å². The molecule has 0 aliphatic heterocycles. The van der Waals surface area contributed by atoms with E-state index in [1.165, 1.54) is 38.9 Å². The number of ether oxygens (including phenoxy) is 2. The van der Waals surface area contributed by atoms with Crippen molar-refractivity contribution in [3.05, 3.63) is 23.8 Å². The lowest BCUT2D eigenvalue weighted by molar-refractivity contribution is 0.282. The van der Waals surface area contributed by atoms with E-state index in [2.05, 4.69) is 0 Å². The highest BCUT2D eigenvalue weighted by Crippen LogP contribution is 2.26. The minimum atomic E-state index is -0.987. The molecule has 0 aliphatic carbocycles. The predicted octanol–water partition coefficient (Wildman–Crippen LogP) is 4.86. The van der Waals surface area contributed by atoms with Gasteiger partial charge in [-0.05, 0) is 12.8 Å². The second-order valence-corrected chi connectivity index (χ2v) is 5.68. The molecule has 0 bridgehead atoms. The van der Waals surface area contributed by atoms with Crippen molar-refractivity contribution in [1.29, 1.82) is 0 Å². The summed E-state index contributed by atoms with van der Waals surface area (Å²) in [6, 6.07) is 2.41. The van der Waals surface area contributed by atoms with Gasteiger partial charge < -0.3 is 14.6 Å². The SMILES string of the molecule is COc1cc(OCCCCCCCCCCCO)cc(F)c1F. The third kappa shape index (κ3) is 8.16. The Morgan fingerprint density at radius 3 is 2.00 bits per heavy atom. The van der Waals surface area contributed by atoms with E-state index in [9.17, 15) is 8.78 Å². The molecule has 0 aliphatic rings. The van der Waals surface area contributed by atoms with Gasteiger partial charge in [-0.2, -0.15) is 4.39 Å². The fraction of sp³-hybridized carbons (Fsp3) is 0.667. The molecule has 0 spiro atoms. The van der Waals surface area contributed by atoms with Crippen molar-refractivity contribution in [2.45, 2.75) is 57.8 Å². The molecule has 0 fully saturated rings. The minimum absolute atomic E-state index is 0.138. The van der Waals surface area contributed by atoms with Gasteiger partial charge in [-0.15, -0.1) is 0 Å². The lowest BCUT2D eigenvalue weighted by Crippen LogP contribution is -2.00. The predicted molar refractivity (Wildman–Crippen MR) is 87.0 cm³/mol. The number of aliphatic hydroxyl groups is 1. The number of hydrogen-bond acceptors (Lipinski definition) is 3. The van der Waals surface area contributed by atoms with Crippen LogP contribution in [0.4, 0.5) is 8.78 Å². The highest BCUT2D eigenvalue weighted by molar-refractivity contribution is 5.35. The lowest BCUT2D eigenvalue weighted by atomic mass is 10.1. The van der Waals surface area contributed by atoms with E-state index in [1.807, 2.05) is 0 Å². The normalized spacial score (nSPS) is 10.8. The van der Waals surface area contributed by atoms with Crippen LogP contribution < -0.4 is 9.47 Å². The Bertz CT molecular complexity index is 439. The molecule has 1 N–H and O–H groups in total. The second-order valence-electron chi connectivity index (χ2n) is 5.68. The van der Waals surface area contributed by atoms with Crippen molar-refractivity contribution in [2.24, 2.45) is 0 Å². The minimum Gasteiger partial charge on any atom is -0.493 e. The number of hydrogen-bond donors (Lipinski definition) is 1. The average Bonchev–Trinajstić information content (AvgIpc) is 2.55. The largest absolute Gasteiger partial charge is 0.493 e. The maximum Gasteiger partial charge on any atom is 0.200 e. The highest BCUT2D eigenvalue weighted by Gasteiger charge is 2.11. The zero-order chi connectivity index (χ0) is 16.9. The van der Waals surface area contributed by atoms with E-state index in [0.717, 1.165) is 38.2 Å². The lowest BCUT2D eigenvalue weighted by Gasteiger charge is -2.09. The van der Waals surface area contributed by atoms with E-state index in [4.69, 9.17) is 14.6 Å². The third-order valence-corrected chi connectivity index (χ3v) is 3.76. The van der Waals surface area contributed by atoms with Gasteiger partial charge in [0, 0.05) is 18.7 Å². The molecule has 0 amide bonds. The summed E-state index contributed by atoms with van der Waals surface area (Å²) >= 11 is 0. The fourth-order valence-corrected chi connectivity index (χ4v) is 2.41. The second kappa shape index (κ2) is 12.1. The van der Waals surface area contributed by atoms with E-state index in [1.54, 1.807) is 0 Å². The molecule has 0 radical (unpaired) electrons. The van der Waals surface area contributed by atoms with Crippen molar-refractivity contribution in [3.63, 3.8) is 0 Å². The summed E-state index contributed by atoms with van der Waals surface area (Å²) < 4.78 is 36.8. The monoisotopic (exact) mass is 330 g/mol. The Kier molecular flexibility index (Phi) is 10.4. The van der Waals surface area contributed by atoms with Crippen LogP contribution in [-0.4, -0.2) is 25.4 Å². The Balaban J connectivity index is 2.06. The van der Waals surface area contributed by atoms with Crippen LogP contribution in [0.15, 0.2) is 12.1 Å². The molecule has 23 heavy (non-hydrogen) atoms. The Morgan fingerprint density at radius 1 is 0.870 bits per heavy atom. The molecular weight excluding hydrogens is 302 g/mol. The van der Waals surface area contributed by atoms with Crippen LogP contribution in [0.2, 0.25) is 0 Å². The van der Waals surface area contributed by atoms with Crippen LogP contribution in [0.1, 0.15) is 57.8 Å². The van der Waals surface area contributed by atoms with Crippen LogP contribution in [0.3, 0.4) is 0 Å². The van der Waals surface area contributed by atoms with Crippen molar-refractivity contribution < 1.29 is 23.4 Å². The van der Waals surface area contributed by atoms with Gasteiger partial charge >= 0.3 is 0 Å². The van der Waals surface area contributed by atoms with Crippen molar-refractivity contribution in [1.82, 2.24) is 0 Å². The summed E-state index contributed by atoms with van der Waals surface area (Å²) in [6.07, 6.45) is 10.00. The molecule has 5 heteroatoms.